The summed E-state index contributed by atoms with van der Waals surface area (Å²) in [4.78, 5) is 11.5. The molecule has 0 unspecified atom stereocenters. The van der Waals surface area contributed by atoms with Crippen molar-refractivity contribution >= 4 is 6.03 Å². The van der Waals surface area contributed by atoms with E-state index in [1.165, 1.54) is 6.42 Å². The van der Waals surface area contributed by atoms with Gasteiger partial charge in [-0.3, -0.25) is 0 Å². The van der Waals surface area contributed by atoms with Crippen molar-refractivity contribution in [2.45, 2.75) is 64.4 Å². The molecule has 0 heterocycles. The summed E-state index contributed by atoms with van der Waals surface area (Å²) in [6.45, 7) is 5.52. The Balaban J connectivity index is 2.00. The van der Waals surface area contributed by atoms with Crippen molar-refractivity contribution in [3.63, 3.8) is 0 Å². The lowest BCUT2D eigenvalue weighted by atomic mass is 10.0. The zero-order chi connectivity index (χ0) is 13.4. The molecule has 4 heteroatoms. The molecule has 0 aliphatic heterocycles. The van der Waals surface area contributed by atoms with Crippen molar-refractivity contribution in [3.8, 4) is 0 Å². The van der Waals surface area contributed by atoms with Crippen molar-refractivity contribution in [2.24, 2.45) is 5.92 Å². The van der Waals surface area contributed by atoms with Crippen LogP contribution in [-0.4, -0.2) is 29.8 Å². The fourth-order valence-corrected chi connectivity index (χ4v) is 2.40. The SMILES string of the molecule is CC(C)CCCCNC(=O)NCC1(O)CCCC1. The number of hydrogen-bond donors (Lipinski definition) is 3. The Bertz CT molecular complexity index is 248. The van der Waals surface area contributed by atoms with E-state index in [4.69, 9.17) is 0 Å². The molecule has 1 saturated carbocycles. The molecule has 106 valence electrons. The highest BCUT2D eigenvalue weighted by atomic mass is 16.3. The summed E-state index contributed by atoms with van der Waals surface area (Å²) in [6.07, 6.45) is 7.13. The Morgan fingerprint density at radius 2 is 1.89 bits per heavy atom. The lowest BCUT2D eigenvalue weighted by Gasteiger charge is -2.22. The zero-order valence-corrected chi connectivity index (χ0v) is 11.8. The molecule has 2 amide bonds. The number of carbonyl (C=O) groups excluding carboxylic acids is 1. The molecule has 4 nitrogen and oxygen atoms in total. The van der Waals surface area contributed by atoms with Gasteiger partial charge in [0.2, 0.25) is 0 Å². The standard InChI is InChI=1S/C14H28N2O2/c1-12(2)7-3-6-10-15-13(17)16-11-14(18)8-4-5-9-14/h12,18H,3-11H2,1-2H3,(H2,15,16,17). The van der Waals surface area contributed by atoms with Crippen LogP contribution in [0.2, 0.25) is 0 Å². The molecule has 1 rings (SSSR count). The number of urea groups is 1. The zero-order valence-electron chi connectivity index (χ0n) is 11.8. The van der Waals surface area contributed by atoms with E-state index in [-0.39, 0.29) is 6.03 Å². The first-order chi connectivity index (χ1) is 8.52. The summed E-state index contributed by atoms with van der Waals surface area (Å²) in [5.41, 5.74) is -0.658. The van der Waals surface area contributed by atoms with Gasteiger partial charge in [-0.15, -0.1) is 0 Å². The predicted octanol–water partition coefficient (Wildman–Crippen LogP) is 2.42. The van der Waals surface area contributed by atoms with Crippen LogP contribution in [0.4, 0.5) is 4.79 Å². The molecule has 0 spiro atoms. The van der Waals surface area contributed by atoms with Crippen LogP contribution in [0.1, 0.15) is 58.8 Å². The molecular weight excluding hydrogens is 228 g/mol. The molecule has 0 aromatic rings. The average molecular weight is 256 g/mol. The maximum atomic E-state index is 11.5. The minimum Gasteiger partial charge on any atom is -0.388 e. The number of hydrogen-bond acceptors (Lipinski definition) is 2. The number of nitrogens with one attached hydrogen (secondary N) is 2. The van der Waals surface area contributed by atoms with Crippen molar-refractivity contribution < 1.29 is 9.90 Å². The second-order valence-corrected chi connectivity index (χ2v) is 5.93. The van der Waals surface area contributed by atoms with E-state index in [1.54, 1.807) is 0 Å². The van der Waals surface area contributed by atoms with Gasteiger partial charge in [-0.05, 0) is 25.2 Å². The highest BCUT2D eigenvalue weighted by Crippen LogP contribution is 2.28. The second kappa shape index (κ2) is 7.62. The van der Waals surface area contributed by atoms with E-state index in [0.717, 1.165) is 51.0 Å². The number of carbonyl (C=O) groups is 1. The number of amides is 2. The first kappa shape index (κ1) is 15.3. The van der Waals surface area contributed by atoms with Crippen LogP contribution in [-0.2, 0) is 0 Å². The molecule has 0 aromatic carbocycles. The van der Waals surface area contributed by atoms with Gasteiger partial charge in [0.05, 0.1) is 5.60 Å². The molecule has 0 radical (unpaired) electrons. The first-order valence-corrected chi connectivity index (χ1v) is 7.26. The molecule has 1 fully saturated rings. The highest BCUT2D eigenvalue weighted by molar-refractivity contribution is 5.73. The molecule has 3 N–H and O–H groups in total. The average Bonchev–Trinajstić information content (AvgIpc) is 2.73. The third-order valence-corrected chi connectivity index (χ3v) is 3.61. The summed E-state index contributed by atoms with van der Waals surface area (Å²) in [5.74, 6) is 0.732. The van der Waals surface area contributed by atoms with Crippen molar-refractivity contribution in [1.82, 2.24) is 10.6 Å². The van der Waals surface area contributed by atoms with Crippen molar-refractivity contribution in [1.29, 1.82) is 0 Å². The van der Waals surface area contributed by atoms with Crippen LogP contribution in [0.5, 0.6) is 0 Å². The summed E-state index contributed by atoms with van der Waals surface area (Å²) < 4.78 is 0. The summed E-state index contributed by atoms with van der Waals surface area (Å²) in [6, 6.07) is -0.153. The van der Waals surface area contributed by atoms with E-state index in [9.17, 15) is 9.90 Å². The number of unbranched alkanes of at least 4 members (excludes halogenated alkanes) is 1. The van der Waals surface area contributed by atoms with Gasteiger partial charge < -0.3 is 15.7 Å². The van der Waals surface area contributed by atoms with Crippen LogP contribution in [0.15, 0.2) is 0 Å². The normalized spacial score (nSPS) is 18.0. The number of rotatable bonds is 7. The minimum atomic E-state index is -0.658. The maximum Gasteiger partial charge on any atom is 0.314 e. The topological polar surface area (TPSA) is 61.4 Å². The Morgan fingerprint density at radius 3 is 2.50 bits per heavy atom. The van der Waals surface area contributed by atoms with E-state index in [2.05, 4.69) is 24.5 Å². The third kappa shape index (κ3) is 6.24. The summed E-state index contributed by atoms with van der Waals surface area (Å²) in [7, 11) is 0. The van der Waals surface area contributed by atoms with Gasteiger partial charge in [-0.1, -0.05) is 39.5 Å². The lowest BCUT2D eigenvalue weighted by molar-refractivity contribution is 0.0501. The fourth-order valence-electron chi connectivity index (χ4n) is 2.40. The Kier molecular flexibility index (Phi) is 6.47. The van der Waals surface area contributed by atoms with Crippen molar-refractivity contribution in [2.75, 3.05) is 13.1 Å². The van der Waals surface area contributed by atoms with E-state index in [1.807, 2.05) is 0 Å². The van der Waals surface area contributed by atoms with Gasteiger partial charge in [-0.2, -0.15) is 0 Å². The summed E-state index contributed by atoms with van der Waals surface area (Å²) in [5, 5.41) is 15.7. The number of aliphatic hydroxyl groups is 1. The van der Waals surface area contributed by atoms with Crippen molar-refractivity contribution in [3.05, 3.63) is 0 Å². The third-order valence-electron chi connectivity index (χ3n) is 3.61. The molecule has 0 saturated heterocycles. The molecule has 0 bridgehead atoms. The molecule has 1 aliphatic rings. The first-order valence-electron chi connectivity index (χ1n) is 7.26. The summed E-state index contributed by atoms with van der Waals surface area (Å²) >= 11 is 0. The molecule has 18 heavy (non-hydrogen) atoms. The smallest absolute Gasteiger partial charge is 0.314 e. The van der Waals surface area contributed by atoms with Crippen LogP contribution in [0.25, 0.3) is 0 Å². The minimum absolute atomic E-state index is 0.153. The van der Waals surface area contributed by atoms with Crippen LogP contribution in [0.3, 0.4) is 0 Å². The molecular formula is C14H28N2O2. The molecule has 0 aromatic heterocycles. The van der Waals surface area contributed by atoms with Gasteiger partial charge in [0.15, 0.2) is 0 Å². The van der Waals surface area contributed by atoms with Gasteiger partial charge >= 0.3 is 6.03 Å². The van der Waals surface area contributed by atoms with Gasteiger partial charge in [-0.25, -0.2) is 4.79 Å². The molecule has 1 aliphatic carbocycles. The van der Waals surface area contributed by atoms with Gasteiger partial charge in [0.1, 0.15) is 0 Å². The van der Waals surface area contributed by atoms with E-state index < -0.39 is 5.60 Å². The monoisotopic (exact) mass is 256 g/mol. The highest BCUT2D eigenvalue weighted by Gasteiger charge is 2.31. The fraction of sp³-hybridized carbons (Fsp3) is 0.929. The maximum absolute atomic E-state index is 11.5. The van der Waals surface area contributed by atoms with Gasteiger partial charge in [0.25, 0.3) is 0 Å². The van der Waals surface area contributed by atoms with Crippen LogP contribution in [0, 0.1) is 5.92 Å². The van der Waals surface area contributed by atoms with Crippen LogP contribution >= 0.6 is 0 Å². The Hall–Kier alpha value is -0.770. The molecule has 0 atom stereocenters. The Morgan fingerprint density at radius 1 is 1.22 bits per heavy atom. The second-order valence-electron chi connectivity index (χ2n) is 5.93. The van der Waals surface area contributed by atoms with E-state index in [0.29, 0.717) is 6.54 Å². The predicted molar refractivity (Wildman–Crippen MR) is 73.5 cm³/mol. The lowest BCUT2D eigenvalue weighted by Crippen LogP contribution is -2.45. The quantitative estimate of drug-likeness (QED) is 0.613. The van der Waals surface area contributed by atoms with Crippen LogP contribution < -0.4 is 10.6 Å². The largest absolute Gasteiger partial charge is 0.388 e. The Labute approximate surface area is 111 Å². The van der Waals surface area contributed by atoms with E-state index >= 15 is 0 Å². The van der Waals surface area contributed by atoms with Gasteiger partial charge in [0, 0.05) is 13.1 Å².